The van der Waals surface area contributed by atoms with Crippen LogP contribution in [0, 0.1) is 13.8 Å². The van der Waals surface area contributed by atoms with Crippen LogP contribution in [0.5, 0.6) is 11.6 Å². The van der Waals surface area contributed by atoms with Crippen LogP contribution in [0.2, 0.25) is 0 Å². The molecule has 0 radical (unpaired) electrons. The Labute approximate surface area is 277 Å². The van der Waals surface area contributed by atoms with Gasteiger partial charge in [0.05, 0.1) is 18.1 Å². The van der Waals surface area contributed by atoms with E-state index in [0.717, 1.165) is 61.2 Å². The number of amides is 2. The minimum absolute atomic E-state index is 0. The molecule has 1 fully saturated rings. The van der Waals surface area contributed by atoms with Crippen molar-refractivity contribution < 1.29 is 17.9 Å². The van der Waals surface area contributed by atoms with Crippen molar-refractivity contribution in [1.29, 1.82) is 0 Å². The van der Waals surface area contributed by atoms with Crippen molar-refractivity contribution in [2.24, 2.45) is 0 Å². The van der Waals surface area contributed by atoms with Crippen molar-refractivity contribution in [3.8, 4) is 11.6 Å². The lowest BCUT2D eigenvalue weighted by atomic mass is 10.0. The Morgan fingerprint density at radius 2 is 1.64 bits per heavy atom. The van der Waals surface area contributed by atoms with Crippen LogP contribution >= 0.6 is 24.8 Å². The first-order chi connectivity index (χ1) is 20.6. The van der Waals surface area contributed by atoms with Gasteiger partial charge in [-0.3, -0.25) is 19.5 Å². The predicted molar refractivity (Wildman–Crippen MR) is 184 cm³/mol. The Kier molecular flexibility index (Phi) is 12.6. The number of pyridine rings is 2. The molecule has 13 heteroatoms. The molecule has 45 heavy (non-hydrogen) atoms. The van der Waals surface area contributed by atoms with Crippen molar-refractivity contribution in [1.82, 2.24) is 14.9 Å². The van der Waals surface area contributed by atoms with Crippen LogP contribution in [0.4, 0.5) is 21.9 Å². The number of rotatable bonds is 9. The Bertz CT molecular complexity index is 1650. The first-order valence-electron chi connectivity index (χ1n) is 14.1. The first kappa shape index (κ1) is 35.6. The number of sulfonamides is 1. The molecule has 240 valence electrons. The van der Waals surface area contributed by atoms with Gasteiger partial charge >= 0.3 is 6.03 Å². The number of anilines is 3. The van der Waals surface area contributed by atoms with E-state index < -0.39 is 10.0 Å². The number of aromatic nitrogens is 2. The van der Waals surface area contributed by atoms with E-state index in [9.17, 15) is 13.2 Å². The number of urea groups is 1. The predicted octanol–water partition coefficient (Wildman–Crippen LogP) is 6.80. The number of para-hydroxylation sites is 1. The normalized spacial score (nSPS) is 13.6. The highest BCUT2D eigenvalue weighted by Gasteiger charge is 2.29. The molecule has 0 bridgehead atoms. The summed E-state index contributed by atoms with van der Waals surface area (Å²) in [5.41, 5.74) is 4.78. The van der Waals surface area contributed by atoms with E-state index in [0.29, 0.717) is 23.0 Å². The number of benzene rings is 2. The fourth-order valence-corrected chi connectivity index (χ4v) is 5.68. The third-order valence-electron chi connectivity index (χ3n) is 7.23. The van der Waals surface area contributed by atoms with Crippen molar-refractivity contribution >= 4 is 57.9 Å². The molecule has 1 saturated heterocycles. The molecule has 2 aromatic carbocycles. The number of nitrogens with one attached hydrogen (secondary N) is 2. The van der Waals surface area contributed by atoms with Gasteiger partial charge in [-0.15, -0.1) is 24.8 Å². The van der Waals surface area contributed by atoms with E-state index >= 15 is 0 Å². The molecular formula is C32H38Cl2N6O4S. The van der Waals surface area contributed by atoms with Crippen molar-refractivity contribution in [3.63, 3.8) is 0 Å². The largest absolute Gasteiger partial charge is 0.439 e. The van der Waals surface area contributed by atoms with Crippen LogP contribution in [0.3, 0.4) is 0 Å². The second kappa shape index (κ2) is 15.9. The number of piperidine rings is 1. The van der Waals surface area contributed by atoms with Gasteiger partial charge in [0, 0.05) is 55.0 Å². The lowest BCUT2D eigenvalue weighted by molar-refractivity contribution is 0.199. The molecule has 0 spiro atoms. The van der Waals surface area contributed by atoms with Gasteiger partial charge in [0.25, 0.3) is 0 Å². The summed E-state index contributed by atoms with van der Waals surface area (Å²) in [4.78, 5) is 26.5. The highest BCUT2D eigenvalue weighted by Crippen LogP contribution is 2.28. The topological polar surface area (TPSA) is 117 Å². The van der Waals surface area contributed by atoms with Crippen LogP contribution in [0.1, 0.15) is 29.7 Å². The number of aryl methyl sites for hydroxylation is 2. The average Bonchev–Trinajstić information content (AvgIpc) is 2.97. The third-order valence-corrected chi connectivity index (χ3v) is 7.84. The Balaban J connectivity index is 0.00000276. The molecule has 0 saturated carbocycles. The smallest absolute Gasteiger partial charge is 0.326 e. The SMILES string of the molecule is Cc1ccc(NC(=O)N(c2ccccc2)C2CCN(Cc3ccc(Oc4ccc(NS(C)(=O)=O)cc4C)nc3)CC2)cn1.Cl.Cl. The molecule has 2 N–H and O–H groups in total. The highest BCUT2D eigenvalue weighted by atomic mass is 35.5. The van der Waals surface area contributed by atoms with E-state index in [2.05, 4.69) is 24.9 Å². The number of nitrogens with zero attached hydrogens (tertiary/aromatic N) is 4. The summed E-state index contributed by atoms with van der Waals surface area (Å²) in [5, 5.41) is 3.02. The number of likely N-dealkylation sites (tertiary alicyclic amines) is 1. The van der Waals surface area contributed by atoms with Crippen LogP contribution in [-0.2, 0) is 16.6 Å². The molecule has 5 rings (SSSR count). The third kappa shape index (κ3) is 10.1. The van der Waals surface area contributed by atoms with Gasteiger partial charge in [0.15, 0.2) is 0 Å². The molecule has 1 aliphatic heterocycles. The molecule has 10 nitrogen and oxygen atoms in total. The van der Waals surface area contributed by atoms with Crippen molar-refractivity contribution in [2.75, 3.05) is 34.3 Å². The van der Waals surface area contributed by atoms with Crippen LogP contribution in [-0.4, -0.2) is 54.7 Å². The van der Waals surface area contributed by atoms with E-state index in [1.54, 1.807) is 24.4 Å². The van der Waals surface area contributed by atoms with E-state index in [-0.39, 0.29) is 36.9 Å². The molecule has 0 aliphatic carbocycles. The summed E-state index contributed by atoms with van der Waals surface area (Å²) in [6.07, 6.45) is 6.29. The van der Waals surface area contributed by atoms with Gasteiger partial charge in [-0.05, 0) is 80.3 Å². The Hall–Kier alpha value is -3.90. The maximum Gasteiger partial charge on any atom is 0.326 e. The van der Waals surface area contributed by atoms with Crippen molar-refractivity contribution in [2.45, 2.75) is 39.3 Å². The van der Waals surface area contributed by atoms with Gasteiger partial charge in [-0.1, -0.05) is 24.3 Å². The maximum atomic E-state index is 13.5. The fraction of sp³-hybridized carbons (Fsp3) is 0.281. The van der Waals surface area contributed by atoms with Crippen LogP contribution in [0.15, 0.2) is 85.2 Å². The monoisotopic (exact) mass is 672 g/mol. The highest BCUT2D eigenvalue weighted by molar-refractivity contribution is 7.92. The summed E-state index contributed by atoms with van der Waals surface area (Å²) in [6.45, 7) is 6.21. The zero-order valence-electron chi connectivity index (χ0n) is 25.3. The van der Waals surface area contributed by atoms with Crippen molar-refractivity contribution in [3.05, 3.63) is 102 Å². The molecule has 2 amide bonds. The summed E-state index contributed by atoms with van der Waals surface area (Å²) in [6, 6.07) is 22.4. The van der Waals surface area contributed by atoms with Crippen LogP contribution in [0.25, 0.3) is 0 Å². The standard InChI is InChI=1S/C32H36N6O4S.2ClH/c1-23-19-26(36-43(3,40)41)12-13-30(23)42-31-14-10-25(20-34-31)22-37-17-15-29(16-18-37)38(28-7-5-4-6-8-28)32(39)35-27-11-9-24(2)33-21-27;;/h4-14,19-21,29,36H,15-18,22H2,1-3H3,(H,35,39);2*1H. The Morgan fingerprint density at radius 1 is 0.933 bits per heavy atom. The second-order valence-electron chi connectivity index (χ2n) is 10.8. The lowest BCUT2D eigenvalue weighted by Crippen LogP contribution is -2.49. The van der Waals surface area contributed by atoms with E-state index in [1.807, 2.05) is 79.5 Å². The number of hydrogen-bond donors (Lipinski definition) is 2. The van der Waals surface area contributed by atoms with E-state index in [4.69, 9.17) is 4.74 Å². The zero-order chi connectivity index (χ0) is 30.4. The number of ether oxygens (including phenoxy) is 1. The molecule has 2 aromatic heterocycles. The second-order valence-corrected chi connectivity index (χ2v) is 12.5. The minimum Gasteiger partial charge on any atom is -0.439 e. The molecular weight excluding hydrogens is 635 g/mol. The molecule has 4 aromatic rings. The Morgan fingerprint density at radius 3 is 2.24 bits per heavy atom. The average molecular weight is 674 g/mol. The minimum atomic E-state index is -3.35. The molecule has 0 unspecified atom stereocenters. The van der Waals surface area contributed by atoms with Crippen LogP contribution < -0.4 is 19.7 Å². The molecule has 1 aliphatic rings. The summed E-state index contributed by atoms with van der Waals surface area (Å²) in [5.74, 6) is 1.06. The molecule has 0 atom stereocenters. The quantitative estimate of drug-likeness (QED) is 0.201. The van der Waals surface area contributed by atoms with Gasteiger partial charge < -0.3 is 10.1 Å². The molecule has 3 heterocycles. The van der Waals surface area contributed by atoms with Gasteiger partial charge in [0.2, 0.25) is 15.9 Å². The first-order valence-corrected chi connectivity index (χ1v) is 16.0. The summed E-state index contributed by atoms with van der Waals surface area (Å²) in [7, 11) is -3.35. The maximum absolute atomic E-state index is 13.5. The lowest BCUT2D eigenvalue weighted by Gasteiger charge is -2.38. The number of halogens is 2. The van der Waals surface area contributed by atoms with Gasteiger partial charge in [-0.2, -0.15) is 0 Å². The van der Waals surface area contributed by atoms with Gasteiger partial charge in [-0.25, -0.2) is 18.2 Å². The van der Waals surface area contributed by atoms with Gasteiger partial charge in [0.1, 0.15) is 5.75 Å². The number of hydrogen-bond acceptors (Lipinski definition) is 7. The number of carbonyl (C=O) groups excluding carboxylic acids is 1. The summed E-state index contributed by atoms with van der Waals surface area (Å²) >= 11 is 0. The zero-order valence-corrected chi connectivity index (χ0v) is 27.8. The summed E-state index contributed by atoms with van der Waals surface area (Å²) < 4.78 is 31.4. The fourth-order valence-electron chi connectivity index (χ4n) is 5.12. The van der Waals surface area contributed by atoms with E-state index in [1.165, 1.54) is 0 Å². The number of carbonyl (C=O) groups is 1.